The van der Waals surface area contributed by atoms with Crippen molar-refractivity contribution in [2.45, 2.75) is 98.8 Å². The minimum Gasteiger partial charge on any atom is -0.183 e. The van der Waals surface area contributed by atoms with Crippen LogP contribution in [0.5, 0.6) is 0 Å². The van der Waals surface area contributed by atoms with Crippen LogP contribution in [0, 0.1) is 46.8 Å². The van der Waals surface area contributed by atoms with E-state index in [4.69, 9.17) is 0 Å². The van der Waals surface area contributed by atoms with Gasteiger partial charge in [0.1, 0.15) is 0 Å². The van der Waals surface area contributed by atoms with E-state index < -0.39 is 0 Å². The van der Waals surface area contributed by atoms with Crippen molar-refractivity contribution in [2.75, 3.05) is 6.26 Å². The van der Waals surface area contributed by atoms with Gasteiger partial charge >= 0.3 is 0 Å². The van der Waals surface area contributed by atoms with Crippen molar-refractivity contribution in [3.05, 3.63) is 0 Å². The van der Waals surface area contributed by atoms with Crippen molar-refractivity contribution < 1.29 is 0 Å². The third kappa shape index (κ3) is 3.97. The minimum absolute atomic E-state index is 0.727. The zero-order valence-electron chi connectivity index (χ0n) is 18.1. The number of hydrogen-bond acceptors (Lipinski definition) is 1. The molecule has 0 bridgehead atoms. The van der Waals surface area contributed by atoms with Gasteiger partial charge in [0.05, 0.1) is 0 Å². The highest BCUT2D eigenvalue weighted by Crippen LogP contribution is 2.64. The van der Waals surface area contributed by atoms with Crippen LogP contribution < -0.4 is 0 Å². The fraction of sp³-hybridized carbons (Fsp3) is 1.00. The molecule has 148 valence electrons. The lowest BCUT2D eigenvalue weighted by Gasteiger charge is -2.56. The highest BCUT2D eigenvalue weighted by atomic mass is 32.1. The van der Waals surface area contributed by atoms with Crippen LogP contribution in [0.1, 0.15) is 98.8 Å². The topological polar surface area (TPSA) is 0 Å². The highest BCUT2D eigenvalue weighted by molar-refractivity contribution is 7.79. The lowest BCUT2D eigenvalue weighted by Crippen LogP contribution is -2.48. The Morgan fingerprint density at radius 2 is 1.52 bits per heavy atom. The molecular formula is C24H46S. The molecule has 0 heterocycles. The number of rotatable bonds is 1. The Morgan fingerprint density at radius 1 is 0.840 bits per heavy atom. The highest BCUT2D eigenvalue weighted by Gasteiger charge is 2.56. The molecule has 8 unspecified atom stereocenters. The summed E-state index contributed by atoms with van der Waals surface area (Å²) in [4.78, 5) is 0. The maximum atomic E-state index is 3.53. The van der Waals surface area contributed by atoms with E-state index in [2.05, 4.69) is 33.4 Å². The van der Waals surface area contributed by atoms with Crippen LogP contribution in [0.15, 0.2) is 0 Å². The van der Waals surface area contributed by atoms with E-state index in [1.165, 1.54) is 12.8 Å². The predicted octanol–water partition coefficient (Wildman–Crippen LogP) is 7.87. The van der Waals surface area contributed by atoms with Gasteiger partial charge in [-0.15, -0.1) is 0 Å². The quantitative estimate of drug-likeness (QED) is 0.448. The summed E-state index contributed by atoms with van der Waals surface area (Å²) in [5, 5.41) is 0. The van der Waals surface area contributed by atoms with Crippen molar-refractivity contribution in [3.63, 3.8) is 0 Å². The SMILES string of the molecule is CC.CCC1CCC2C3CCC4CC(C)CCC4C3CCC12C.CS. The molecule has 4 saturated carbocycles. The van der Waals surface area contributed by atoms with Crippen molar-refractivity contribution in [3.8, 4) is 0 Å². The van der Waals surface area contributed by atoms with Gasteiger partial charge in [0.2, 0.25) is 0 Å². The van der Waals surface area contributed by atoms with Gasteiger partial charge in [-0.1, -0.05) is 47.5 Å². The van der Waals surface area contributed by atoms with Crippen molar-refractivity contribution in [2.24, 2.45) is 46.8 Å². The normalized spacial score (nSPS) is 47.9. The molecule has 0 amide bonds. The van der Waals surface area contributed by atoms with Gasteiger partial charge in [-0.05, 0) is 104 Å². The van der Waals surface area contributed by atoms with E-state index in [9.17, 15) is 0 Å². The van der Waals surface area contributed by atoms with Gasteiger partial charge in [-0.2, -0.15) is 12.6 Å². The first-order chi connectivity index (χ1) is 12.1. The molecule has 0 radical (unpaired) electrons. The number of thiol groups is 1. The molecular weight excluding hydrogens is 320 g/mol. The standard InChI is InChI=1S/C21H36.C2H6.CH4S/c1-4-16-7-10-20-19-9-6-15-13-14(2)5-8-17(15)18(19)11-12-21(16,20)3;2*1-2/h14-20H,4-13H2,1-3H3;1-2H3;2H,1H3. The second-order valence-electron chi connectivity index (χ2n) is 9.58. The molecule has 0 aromatic heterocycles. The number of hydrogen-bond donors (Lipinski definition) is 1. The van der Waals surface area contributed by atoms with Gasteiger partial charge in [-0.3, -0.25) is 0 Å². The number of fused-ring (bicyclic) bond motifs is 5. The summed E-state index contributed by atoms with van der Waals surface area (Å²) in [7, 11) is 0. The second-order valence-corrected chi connectivity index (χ2v) is 9.58. The van der Waals surface area contributed by atoms with Crippen LogP contribution >= 0.6 is 12.6 Å². The lowest BCUT2D eigenvalue weighted by molar-refractivity contribution is -0.0673. The first-order valence-corrected chi connectivity index (χ1v) is 12.5. The Kier molecular flexibility index (Phi) is 8.24. The van der Waals surface area contributed by atoms with E-state index in [-0.39, 0.29) is 0 Å². The summed E-state index contributed by atoms with van der Waals surface area (Å²) in [6.45, 7) is 11.6. The first kappa shape index (κ1) is 21.6. The van der Waals surface area contributed by atoms with E-state index in [1.54, 1.807) is 57.6 Å². The van der Waals surface area contributed by atoms with Crippen LogP contribution in [0.25, 0.3) is 0 Å². The molecule has 0 saturated heterocycles. The molecule has 8 atom stereocenters. The second kappa shape index (κ2) is 9.52. The Morgan fingerprint density at radius 3 is 2.20 bits per heavy atom. The summed E-state index contributed by atoms with van der Waals surface area (Å²) < 4.78 is 0. The lowest BCUT2D eigenvalue weighted by atomic mass is 9.49. The third-order valence-electron chi connectivity index (χ3n) is 8.91. The molecule has 4 fully saturated rings. The molecule has 0 nitrogen and oxygen atoms in total. The average Bonchev–Trinajstić information content (AvgIpc) is 3.01. The van der Waals surface area contributed by atoms with E-state index in [0.717, 1.165) is 46.8 Å². The van der Waals surface area contributed by atoms with Crippen molar-refractivity contribution in [1.29, 1.82) is 0 Å². The summed E-state index contributed by atoms with van der Waals surface area (Å²) in [5.41, 5.74) is 0.727. The Hall–Kier alpha value is 0.350. The zero-order chi connectivity index (χ0) is 18.6. The van der Waals surface area contributed by atoms with Crippen LogP contribution in [0.2, 0.25) is 0 Å². The fourth-order valence-electron chi connectivity index (χ4n) is 7.87. The molecule has 4 aliphatic rings. The molecule has 4 aliphatic carbocycles. The monoisotopic (exact) mass is 366 g/mol. The molecule has 0 aromatic rings. The van der Waals surface area contributed by atoms with Crippen LogP contribution in [-0.2, 0) is 0 Å². The maximum Gasteiger partial charge on any atom is -0.0215 e. The van der Waals surface area contributed by atoms with Crippen LogP contribution in [0.3, 0.4) is 0 Å². The van der Waals surface area contributed by atoms with Crippen molar-refractivity contribution in [1.82, 2.24) is 0 Å². The summed E-state index contributed by atoms with van der Waals surface area (Å²) in [6.07, 6.45) is 17.3. The van der Waals surface area contributed by atoms with Gasteiger partial charge in [0.15, 0.2) is 0 Å². The average molecular weight is 367 g/mol. The zero-order valence-corrected chi connectivity index (χ0v) is 19.0. The molecule has 25 heavy (non-hydrogen) atoms. The maximum absolute atomic E-state index is 3.53. The molecule has 4 rings (SSSR count). The van der Waals surface area contributed by atoms with Gasteiger partial charge in [0.25, 0.3) is 0 Å². The van der Waals surface area contributed by atoms with Crippen molar-refractivity contribution >= 4 is 12.6 Å². The fourth-order valence-corrected chi connectivity index (χ4v) is 7.87. The Bertz CT molecular complexity index is 392. The summed E-state index contributed by atoms with van der Waals surface area (Å²) in [6, 6.07) is 0. The van der Waals surface area contributed by atoms with E-state index in [1.807, 2.05) is 13.8 Å². The van der Waals surface area contributed by atoms with Gasteiger partial charge in [0, 0.05) is 0 Å². The molecule has 0 N–H and O–H groups in total. The molecule has 0 spiro atoms. The van der Waals surface area contributed by atoms with Gasteiger partial charge in [-0.25, -0.2) is 0 Å². The van der Waals surface area contributed by atoms with Gasteiger partial charge < -0.3 is 0 Å². The van der Waals surface area contributed by atoms with E-state index >= 15 is 0 Å². The van der Waals surface area contributed by atoms with E-state index in [0.29, 0.717) is 0 Å². The Balaban J connectivity index is 0.000000528. The largest absolute Gasteiger partial charge is 0.183 e. The van der Waals surface area contributed by atoms with Crippen LogP contribution in [-0.4, -0.2) is 6.26 Å². The Labute approximate surface area is 164 Å². The third-order valence-corrected chi connectivity index (χ3v) is 8.91. The molecule has 1 heteroatoms. The van der Waals surface area contributed by atoms with Crippen LogP contribution in [0.4, 0.5) is 0 Å². The minimum atomic E-state index is 0.727. The molecule has 0 aliphatic heterocycles. The summed E-state index contributed by atoms with van der Waals surface area (Å²) >= 11 is 3.53. The smallest absolute Gasteiger partial charge is 0.0215 e. The first-order valence-electron chi connectivity index (χ1n) is 11.6. The molecule has 0 aromatic carbocycles. The summed E-state index contributed by atoms with van der Waals surface area (Å²) in [5.74, 6) is 7.66. The predicted molar refractivity (Wildman–Crippen MR) is 116 cm³/mol.